The van der Waals surface area contributed by atoms with Crippen LogP contribution in [0.3, 0.4) is 0 Å². The summed E-state index contributed by atoms with van der Waals surface area (Å²) < 4.78 is 42.4. The van der Waals surface area contributed by atoms with Gasteiger partial charge < -0.3 is 4.90 Å². The van der Waals surface area contributed by atoms with E-state index >= 15 is 0 Å². The molecule has 1 aliphatic heterocycles. The number of halogens is 1. The summed E-state index contributed by atoms with van der Waals surface area (Å²) in [6, 6.07) is 14.8. The molecule has 0 radical (unpaired) electrons. The number of rotatable bonds is 4. The summed E-state index contributed by atoms with van der Waals surface area (Å²) in [5.41, 5.74) is 1.58. The topological polar surface area (TPSA) is 84.2 Å². The van der Waals surface area contributed by atoms with Crippen LogP contribution in [-0.2, 0) is 10.0 Å². The smallest absolute Gasteiger partial charge is 0.243 e. The van der Waals surface area contributed by atoms with Gasteiger partial charge in [-0.05, 0) is 30.3 Å². The number of benzene rings is 2. The number of anilines is 1. The molecule has 4 aromatic rings. The Morgan fingerprint density at radius 1 is 0.903 bits per heavy atom. The van der Waals surface area contributed by atoms with Gasteiger partial charge in [0.2, 0.25) is 10.0 Å². The summed E-state index contributed by atoms with van der Waals surface area (Å²) in [7, 11) is -3.75. The predicted octanol–water partition coefficient (Wildman–Crippen LogP) is 2.47. The molecule has 0 saturated carbocycles. The van der Waals surface area contributed by atoms with E-state index in [2.05, 4.69) is 15.1 Å². The van der Waals surface area contributed by atoms with Crippen LogP contribution < -0.4 is 4.90 Å². The molecule has 0 spiro atoms. The second-order valence-electron chi connectivity index (χ2n) is 7.17. The Kier molecular flexibility index (Phi) is 4.87. The van der Waals surface area contributed by atoms with E-state index in [-0.39, 0.29) is 18.0 Å². The Labute approximate surface area is 178 Å². The zero-order valence-corrected chi connectivity index (χ0v) is 17.3. The fourth-order valence-corrected chi connectivity index (χ4v) is 5.21. The van der Waals surface area contributed by atoms with E-state index in [9.17, 15) is 12.8 Å². The minimum atomic E-state index is -3.75. The average molecular weight is 438 g/mol. The van der Waals surface area contributed by atoms with Gasteiger partial charge in [0.25, 0.3) is 0 Å². The van der Waals surface area contributed by atoms with Crippen LogP contribution in [0.5, 0.6) is 0 Å². The van der Waals surface area contributed by atoms with Gasteiger partial charge in [-0.1, -0.05) is 24.3 Å². The molecule has 0 unspecified atom stereocenters. The SMILES string of the molecule is O=S(=O)(c1cccc(F)c1)N1CCN(c2ncnc3c2cnn3-c2ccccc2)CC1. The van der Waals surface area contributed by atoms with Gasteiger partial charge in [0, 0.05) is 26.2 Å². The third-order valence-electron chi connectivity index (χ3n) is 5.32. The van der Waals surface area contributed by atoms with Gasteiger partial charge >= 0.3 is 0 Å². The van der Waals surface area contributed by atoms with Crippen LogP contribution in [-0.4, -0.2) is 58.7 Å². The number of piperazine rings is 1. The molecule has 1 fully saturated rings. The molecule has 31 heavy (non-hydrogen) atoms. The number of aromatic nitrogens is 4. The average Bonchev–Trinajstić information content (AvgIpc) is 3.24. The third kappa shape index (κ3) is 3.53. The van der Waals surface area contributed by atoms with Gasteiger partial charge in [-0.3, -0.25) is 0 Å². The molecule has 3 heterocycles. The van der Waals surface area contributed by atoms with Crippen molar-refractivity contribution in [1.29, 1.82) is 0 Å². The highest BCUT2D eigenvalue weighted by Crippen LogP contribution is 2.26. The lowest BCUT2D eigenvalue weighted by atomic mass is 10.3. The molecule has 10 heteroatoms. The van der Waals surface area contributed by atoms with E-state index in [1.165, 1.54) is 28.8 Å². The predicted molar refractivity (Wildman–Crippen MR) is 114 cm³/mol. The molecular formula is C21H19FN6O2S. The van der Waals surface area contributed by atoms with Crippen molar-refractivity contribution in [3.8, 4) is 5.69 Å². The van der Waals surface area contributed by atoms with Crippen LogP contribution in [0.1, 0.15) is 0 Å². The molecule has 0 bridgehead atoms. The van der Waals surface area contributed by atoms with E-state index in [0.29, 0.717) is 18.7 Å². The number of hydrogen-bond acceptors (Lipinski definition) is 6. The molecule has 0 aliphatic carbocycles. The molecule has 1 aliphatic rings. The van der Waals surface area contributed by atoms with Crippen molar-refractivity contribution in [2.45, 2.75) is 4.90 Å². The zero-order chi connectivity index (χ0) is 21.4. The summed E-state index contributed by atoms with van der Waals surface area (Å²) in [5, 5.41) is 5.27. The van der Waals surface area contributed by atoms with Gasteiger partial charge in [0.15, 0.2) is 5.65 Å². The lowest BCUT2D eigenvalue weighted by Gasteiger charge is -2.34. The maximum absolute atomic E-state index is 13.5. The van der Waals surface area contributed by atoms with Crippen LogP contribution >= 0.6 is 0 Å². The highest BCUT2D eigenvalue weighted by Gasteiger charge is 2.30. The first kappa shape index (κ1) is 19.6. The molecule has 0 atom stereocenters. The highest BCUT2D eigenvalue weighted by atomic mass is 32.2. The summed E-state index contributed by atoms with van der Waals surface area (Å²) in [4.78, 5) is 10.8. The Bertz CT molecular complexity index is 1330. The van der Waals surface area contributed by atoms with Crippen molar-refractivity contribution in [3.05, 3.63) is 72.9 Å². The van der Waals surface area contributed by atoms with Crippen molar-refractivity contribution in [2.24, 2.45) is 0 Å². The van der Waals surface area contributed by atoms with Gasteiger partial charge in [-0.2, -0.15) is 9.40 Å². The van der Waals surface area contributed by atoms with Crippen LogP contribution in [0.25, 0.3) is 16.7 Å². The lowest BCUT2D eigenvalue weighted by Crippen LogP contribution is -2.49. The van der Waals surface area contributed by atoms with Crippen molar-refractivity contribution in [1.82, 2.24) is 24.1 Å². The molecule has 2 aromatic carbocycles. The fourth-order valence-electron chi connectivity index (χ4n) is 3.76. The van der Waals surface area contributed by atoms with E-state index in [0.717, 1.165) is 23.0 Å². The maximum Gasteiger partial charge on any atom is 0.243 e. The van der Waals surface area contributed by atoms with Gasteiger partial charge in [-0.15, -0.1) is 0 Å². The highest BCUT2D eigenvalue weighted by molar-refractivity contribution is 7.89. The Morgan fingerprint density at radius 3 is 2.42 bits per heavy atom. The number of sulfonamides is 1. The molecule has 5 rings (SSSR count). The third-order valence-corrected chi connectivity index (χ3v) is 7.21. The van der Waals surface area contributed by atoms with Crippen molar-refractivity contribution < 1.29 is 12.8 Å². The molecule has 2 aromatic heterocycles. The second kappa shape index (κ2) is 7.71. The van der Waals surface area contributed by atoms with Crippen LogP contribution in [0.2, 0.25) is 0 Å². The first-order valence-electron chi connectivity index (χ1n) is 9.79. The van der Waals surface area contributed by atoms with Crippen molar-refractivity contribution in [2.75, 3.05) is 31.1 Å². The molecule has 0 amide bonds. The Morgan fingerprint density at radius 2 is 1.68 bits per heavy atom. The largest absolute Gasteiger partial charge is 0.353 e. The van der Waals surface area contributed by atoms with Crippen LogP contribution in [0.4, 0.5) is 10.2 Å². The summed E-state index contributed by atoms with van der Waals surface area (Å²) >= 11 is 0. The minimum absolute atomic E-state index is 0.0329. The van der Waals surface area contributed by atoms with Gasteiger partial charge in [0.1, 0.15) is 18.0 Å². The second-order valence-corrected chi connectivity index (χ2v) is 9.11. The number of para-hydroxylation sites is 1. The monoisotopic (exact) mass is 438 g/mol. The maximum atomic E-state index is 13.5. The molecule has 0 N–H and O–H groups in total. The van der Waals surface area contributed by atoms with Crippen LogP contribution in [0.15, 0.2) is 72.0 Å². The Balaban J connectivity index is 1.39. The quantitative estimate of drug-likeness (QED) is 0.487. The van der Waals surface area contributed by atoms with E-state index in [4.69, 9.17) is 0 Å². The number of fused-ring (bicyclic) bond motifs is 1. The summed E-state index contributed by atoms with van der Waals surface area (Å²) in [6.07, 6.45) is 3.22. The number of hydrogen-bond donors (Lipinski definition) is 0. The van der Waals surface area contributed by atoms with E-state index in [1.807, 2.05) is 35.2 Å². The van der Waals surface area contributed by atoms with E-state index in [1.54, 1.807) is 10.9 Å². The van der Waals surface area contributed by atoms with E-state index < -0.39 is 15.8 Å². The standard InChI is InChI=1S/C21H19FN6O2S/c22-16-5-4-8-18(13-16)31(29,30)27-11-9-26(10-12-27)20-19-14-25-28(21(19)24-15-23-20)17-6-2-1-3-7-17/h1-8,13-15H,9-12H2. The molecule has 158 valence electrons. The van der Waals surface area contributed by atoms with Crippen molar-refractivity contribution in [3.63, 3.8) is 0 Å². The fraction of sp³-hybridized carbons (Fsp3) is 0.190. The minimum Gasteiger partial charge on any atom is -0.353 e. The van der Waals surface area contributed by atoms with Gasteiger partial charge in [0.05, 0.1) is 22.2 Å². The Hall–Kier alpha value is -3.37. The number of nitrogens with zero attached hydrogens (tertiary/aromatic N) is 6. The van der Waals surface area contributed by atoms with Crippen molar-refractivity contribution >= 4 is 26.9 Å². The lowest BCUT2D eigenvalue weighted by molar-refractivity contribution is 0.384. The molecule has 1 saturated heterocycles. The molecule has 8 nitrogen and oxygen atoms in total. The van der Waals surface area contributed by atoms with Gasteiger partial charge in [-0.25, -0.2) is 27.5 Å². The normalized spacial score (nSPS) is 15.5. The zero-order valence-electron chi connectivity index (χ0n) is 16.5. The first-order valence-corrected chi connectivity index (χ1v) is 11.2. The molecular weight excluding hydrogens is 419 g/mol. The summed E-state index contributed by atoms with van der Waals surface area (Å²) in [5.74, 6) is 0.147. The van der Waals surface area contributed by atoms with Crippen LogP contribution in [0, 0.1) is 5.82 Å². The first-order chi connectivity index (χ1) is 15.0. The summed E-state index contributed by atoms with van der Waals surface area (Å²) in [6.45, 7) is 1.46.